The maximum absolute atomic E-state index is 13.9. The van der Waals surface area contributed by atoms with Crippen LogP contribution in [-0.4, -0.2) is 19.1 Å². The van der Waals surface area contributed by atoms with Crippen LogP contribution in [0.25, 0.3) is 5.70 Å². The van der Waals surface area contributed by atoms with E-state index in [1.807, 2.05) is 0 Å². The van der Waals surface area contributed by atoms with Crippen LogP contribution in [0.1, 0.15) is 5.56 Å². The first-order valence-corrected chi connectivity index (χ1v) is 7.13. The molecule has 0 amide bonds. The minimum absolute atomic E-state index is 0.179. The van der Waals surface area contributed by atoms with Crippen LogP contribution < -0.4 is 15.4 Å². The summed E-state index contributed by atoms with van der Waals surface area (Å²) in [6, 6.07) is 4.24. The highest BCUT2D eigenvalue weighted by atomic mass is 79.9. The Morgan fingerprint density at radius 3 is 2.77 bits per heavy atom. The molecule has 0 aliphatic rings. The van der Waals surface area contributed by atoms with Gasteiger partial charge in [-0.3, -0.25) is 4.98 Å². The predicted octanol–water partition coefficient (Wildman–Crippen LogP) is 3.76. The average molecular weight is 370 g/mol. The van der Waals surface area contributed by atoms with Gasteiger partial charge in [-0.05, 0) is 34.1 Å². The molecule has 0 radical (unpaired) electrons. The van der Waals surface area contributed by atoms with E-state index in [4.69, 9.17) is 4.74 Å². The maximum atomic E-state index is 13.9. The number of halogens is 3. The number of nitrogens with zero attached hydrogens (tertiary/aromatic N) is 1. The summed E-state index contributed by atoms with van der Waals surface area (Å²) in [4.78, 5) is 4.04. The molecule has 0 aliphatic carbocycles. The average Bonchev–Trinajstić information content (AvgIpc) is 2.54. The van der Waals surface area contributed by atoms with Crippen LogP contribution in [0.3, 0.4) is 0 Å². The van der Waals surface area contributed by atoms with Gasteiger partial charge in [0.2, 0.25) is 0 Å². The summed E-state index contributed by atoms with van der Waals surface area (Å²) in [6.07, 6.45) is 4.64. The highest BCUT2D eigenvalue weighted by Gasteiger charge is 2.11. The molecule has 2 aromatic rings. The second-order valence-corrected chi connectivity index (χ2v) is 5.14. The zero-order chi connectivity index (χ0) is 16.1. The summed E-state index contributed by atoms with van der Waals surface area (Å²) in [6.45, 7) is 0. The highest BCUT2D eigenvalue weighted by Crippen LogP contribution is 2.26. The molecule has 0 atom stereocenters. The summed E-state index contributed by atoms with van der Waals surface area (Å²) < 4.78 is 32.9. The number of benzene rings is 1. The second kappa shape index (κ2) is 7.22. The van der Waals surface area contributed by atoms with Crippen molar-refractivity contribution < 1.29 is 13.5 Å². The number of aromatic nitrogens is 1. The number of hydrogen-bond donors (Lipinski definition) is 2. The summed E-state index contributed by atoms with van der Waals surface area (Å²) in [7, 11) is 3.23. The molecule has 0 bridgehead atoms. The fraction of sp³-hybridized carbons (Fsp3) is 0.133. The summed E-state index contributed by atoms with van der Waals surface area (Å²) in [5, 5.41) is 5.58. The van der Waals surface area contributed by atoms with Gasteiger partial charge in [0.15, 0.2) is 5.82 Å². The fourth-order valence-electron chi connectivity index (χ4n) is 1.78. The number of pyridine rings is 1. The van der Waals surface area contributed by atoms with Crippen molar-refractivity contribution in [2.45, 2.75) is 0 Å². The minimum Gasteiger partial charge on any atom is -0.495 e. The lowest BCUT2D eigenvalue weighted by molar-refractivity contribution is 0.412. The van der Waals surface area contributed by atoms with Crippen LogP contribution in [0, 0.1) is 11.6 Å². The Balaban J connectivity index is 2.32. The van der Waals surface area contributed by atoms with Crippen LogP contribution >= 0.6 is 15.9 Å². The number of ether oxygens (including phenoxy) is 1. The molecule has 116 valence electrons. The van der Waals surface area contributed by atoms with Gasteiger partial charge < -0.3 is 15.4 Å². The molecule has 0 unspecified atom stereocenters. The Morgan fingerprint density at radius 1 is 1.32 bits per heavy atom. The Labute approximate surface area is 135 Å². The first-order valence-electron chi connectivity index (χ1n) is 6.34. The molecule has 0 fully saturated rings. The largest absolute Gasteiger partial charge is 0.495 e. The SMILES string of the molecule is CN/C(=C\Nc1c(F)ccc(Br)c1F)c1cncc(OC)c1. The summed E-state index contributed by atoms with van der Waals surface area (Å²) >= 11 is 3.02. The molecule has 1 aromatic carbocycles. The van der Waals surface area contributed by atoms with E-state index in [0.29, 0.717) is 17.0 Å². The van der Waals surface area contributed by atoms with Gasteiger partial charge in [-0.1, -0.05) is 0 Å². The van der Waals surface area contributed by atoms with Crippen molar-refractivity contribution in [2.75, 3.05) is 19.5 Å². The van der Waals surface area contributed by atoms with E-state index in [9.17, 15) is 8.78 Å². The third kappa shape index (κ3) is 3.54. The lowest BCUT2D eigenvalue weighted by atomic mass is 10.2. The van der Waals surface area contributed by atoms with E-state index in [1.165, 1.54) is 25.4 Å². The van der Waals surface area contributed by atoms with Gasteiger partial charge in [0, 0.05) is 25.0 Å². The third-order valence-electron chi connectivity index (χ3n) is 2.93. The zero-order valence-corrected chi connectivity index (χ0v) is 13.5. The van der Waals surface area contributed by atoms with Gasteiger partial charge in [-0.2, -0.15) is 0 Å². The molecule has 1 heterocycles. The maximum Gasteiger partial charge on any atom is 0.163 e. The van der Waals surface area contributed by atoms with Gasteiger partial charge >= 0.3 is 0 Å². The van der Waals surface area contributed by atoms with Gasteiger partial charge in [-0.15, -0.1) is 0 Å². The van der Waals surface area contributed by atoms with Crippen molar-refractivity contribution >= 4 is 27.3 Å². The summed E-state index contributed by atoms with van der Waals surface area (Å²) in [5.74, 6) is -0.801. The van der Waals surface area contributed by atoms with Crippen LogP contribution in [0.2, 0.25) is 0 Å². The van der Waals surface area contributed by atoms with Gasteiger partial charge in [0.25, 0.3) is 0 Å². The van der Waals surface area contributed by atoms with E-state index in [2.05, 4.69) is 31.5 Å². The van der Waals surface area contributed by atoms with E-state index < -0.39 is 11.6 Å². The molecule has 22 heavy (non-hydrogen) atoms. The smallest absolute Gasteiger partial charge is 0.163 e. The molecule has 0 saturated heterocycles. The van der Waals surface area contributed by atoms with Gasteiger partial charge in [0.05, 0.1) is 23.5 Å². The van der Waals surface area contributed by atoms with Crippen molar-refractivity contribution in [3.05, 3.63) is 58.5 Å². The van der Waals surface area contributed by atoms with Crippen molar-refractivity contribution in [2.24, 2.45) is 0 Å². The van der Waals surface area contributed by atoms with Crippen molar-refractivity contribution in [3.8, 4) is 5.75 Å². The second-order valence-electron chi connectivity index (χ2n) is 4.28. The molecule has 7 heteroatoms. The van der Waals surface area contributed by atoms with Crippen LogP contribution in [0.5, 0.6) is 5.75 Å². The molecule has 1 aromatic heterocycles. The molecular formula is C15H14BrF2N3O. The zero-order valence-electron chi connectivity index (χ0n) is 12.0. The fourth-order valence-corrected chi connectivity index (χ4v) is 2.11. The molecule has 0 aliphatic heterocycles. The number of methoxy groups -OCH3 is 1. The highest BCUT2D eigenvalue weighted by molar-refractivity contribution is 9.10. The standard InChI is InChI=1S/C15H14BrF2N3O/c1-19-13(9-5-10(22-2)7-20-6-9)8-21-15-12(17)4-3-11(16)14(15)18/h3-8,19,21H,1-2H3/b13-8-. The number of anilines is 1. The predicted molar refractivity (Wildman–Crippen MR) is 85.5 cm³/mol. The first kappa shape index (κ1) is 16.2. The number of nitrogens with one attached hydrogen (secondary N) is 2. The lowest BCUT2D eigenvalue weighted by Crippen LogP contribution is -2.08. The van der Waals surface area contributed by atoms with Crippen LogP contribution in [0.4, 0.5) is 14.5 Å². The van der Waals surface area contributed by atoms with Crippen molar-refractivity contribution in [1.82, 2.24) is 10.3 Å². The Bertz CT molecular complexity index is 707. The molecule has 2 N–H and O–H groups in total. The van der Waals surface area contributed by atoms with E-state index >= 15 is 0 Å². The topological polar surface area (TPSA) is 46.2 Å². The quantitative estimate of drug-likeness (QED) is 0.787. The number of rotatable bonds is 5. The van der Waals surface area contributed by atoms with E-state index in [1.54, 1.807) is 25.5 Å². The van der Waals surface area contributed by atoms with E-state index in [0.717, 1.165) is 0 Å². The Hall–Kier alpha value is -2.15. The molecule has 0 spiro atoms. The van der Waals surface area contributed by atoms with E-state index in [-0.39, 0.29) is 10.2 Å². The lowest BCUT2D eigenvalue weighted by Gasteiger charge is -2.11. The monoisotopic (exact) mass is 369 g/mol. The van der Waals surface area contributed by atoms with Gasteiger partial charge in [-0.25, -0.2) is 8.78 Å². The van der Waals surface area contributed by atoms with Crippen LogP contribution in [-0.2, 0) is 0 Å². The van der Waals surface area contributed by atoms with Gasteiger partial charge in [0.1, 0.15) is 17.3 Å². The Kier molecular flexibility index (Phi) is 5.32. The normalized spacial score (nSPS) is 11.2. The number of hydrogen-bond acceptors (Lipinski definition) is 4. The molecule has 2 rings (SSSR count). The molecule has 4 nitrogen and oxygen atoms in total. The summed E-state index contributed by atoms with van der Waals surface area (Å²) in [5.41, 5.74) is 1.08. The Morgan fingerprint density at radius 2 is 2.09 bits per heavy atom. The molecular weight excluding hydrogens is 356 g/mol. The van der Waals surface area contributed by atoms with Crippen molar-refractivity contribution in [1.29, 1.82) is 0 Å². The van der Waals surface area contributed by atoms with Crippen LogP contribution in [0.15, 0.2) is 41.3 Å². The first-order chi connectivity index (χ1) is 10.6. The van der Waals surface area contributed by atoms with Crippen molar-refractivity contribution in [3.63, 3.8) is 0 Å². The minimum atomic E-state index is -0.699. The third-order valence-corrected chi connectivity index (χ3v) is 3.55. The molecule has 0 saturated carbocycles.